The Kier molecular flexibility index (Phi) is 9.25. The van der Waals surface area contributed by atoms with Crippen LogP contribution in [0.15, 0.2) is 181 Å². The first-order valence-corrected chi connectivity index (χ1v) is 21.6. The fourth-order valence-electron chi connectivity index (χ4n) is 10.7. The van der Waals surface area contributed by atoms with E-state index in [-0.39, 0.29) is 0 Å². The van der Waals surface area contributed by atoms with Gasteiger partial charge in [-0.2, -0.15) is 0 Å². The second-order valence-corrected chi connectivity index (χ2v) is 16.9. The molecule has 0 aromatic heterocycles. The fraction of sp³-hybridized carbons (Fsp3) is 0.207. The van der Waals surface area contributed by atoms with E-state index in [0.29, 0.717) is 11.8 Å². The summed E-state index contributed by atoms with van der Waals surface area (Å²) in [5, 5.41) is 2.61. The van der Waals surface area contributed by atoms with Crippen LogP contribution in [0.4, 0.5) is 0 Å². The molecule has 1 saturated carbocycles. The third-order valence-electron chi connectivity index (χ3n) is 13.6. The average molecular weight is 749 g/mol. The molecule has 0 heterocycles. The molecule has 0 bridgehead atoms. The van der Waals surface area contributed by atoms with Gasteiger partial charge in [0.15, 0.2) is 0 Å². The highest BCUT2D eigenvalue weighted by atomic mass is 14.5. The Labute approximate surface area is 345 Å². The second-order valence-electron chi connectivity index (χ2n) is 16.9. The van der Waals surface area contributed by atoms with Gasteiger partial charge in [0.05, 0.1) is 5.41 Å². The van der Waals surface area contributed by atoms with Crippen molar-refractivity contribution in [1.82, 2.24) is 0 Å². The van der Waals surface area contributed by atoms with Crippen molar-refractivity contribution >= 4 is 22.4 Å². The van der Waals surface area contributed by atoms with Crippen LogP contribution in [-0.2, 0) is 11.8 Å². The molecule has 2 atom stereocenters. The standard InChI is InChI=1S/C58H52/c1-5-7-8-9-21-41(39(4)50-35-38(50)3)31-32-43-36-56-52(37-51(43)57-40(6-2)20-10-13-24-45-44-23-12-11-22-42(44)33-34-49(45)57)48-27-16-19-30-55(48)58(56)53-28-17-14-25-46(53)47-26-15-18-29-54(47)58/h7-9,11-19,21-31,33-34,36-38,50H,4-6,10,20,32,35H2,1-3H3/b8-7-,21-9-,24-13-,41-31-,57-40+. The molecular formula is C58H52. The molecular weight excluding hydrogens is 697 g/mol. The molecule has 0 nitrogen and oxygen atoms in total. The van der Waals surface area contributed by atoms with Crippen LogP contribution in [0.25, 0.3) is 44.7 Å². The predicted octanol–water partition coefficient (Wildman–Crippen LogP) is 15.4. The van der Waals surface area contributed by atoms with E-state index in [4.69, 9.17) is 6.58 Å². The van der Waals surface area contributed by atoms with Gasteiger partial charge in [-0.15, -0.1) is 0 Å². The first kappa shape index (κ1) is 36.4. The second kappa shape index (κ2) is 14.8. The molecule has 4 aliphatic rings. The maximum absolute atomic E-state index is 4.73. The highest BCUT2D eigenvalue weighted by Gasteiger charge is 2.51. The average Bonchev–Trinajstić information content (AvgIpc) is 3.83. The molecule has 10 rings (SSSR count). The topological polar surface area (TPSA) is 0 Å². The van der Waals surface area contributed by atoms with Crippen LogP contribution in [0, 0.1) is 11.8 Å². The Hall–Kier alpha value is -5.98. The molecule has 6 aromatic carbocycles. The molecule has 6 aromatic rings. The minimum atomic E-state index is -0.392. The van der Waals surface area contributed by atoms with Crippen molar-refractivity contribution in [2.24, 2.45) is 11.8 Å². The normalized spacial score (nSPS) is 20.4. The molecule has 0 saturated heterocycles. The zero-order valence-electron chi connectivity index (χ0n) is 34.2. The van der Waals surface area contributed by atoms with Gasteiger partial charge in [0.2, 0.25) is 0 Å². The Morgan fingerprint density at radius 1 is 0.707 bits per heavy atom. The van der Waals surface area contributed by atoms with Crippen LogP contribution in [0.2, 0.25) is 0 Å². The quantitative estimate of drug-likeness (QED) is 0.129. The van der Waals surface area contributed by atoms with Gasteiger partial charge in [-0.3, -0.25) is 0 Å². The summed E-state index contributed by atoms with van der Waals surface area (Å²) >= 11 is 0. The van der Waals surface area contributed by atoms with Crippen molar-refractivity contribution in [3.8, 4) is 22.3 Å². The first-order valence-electron chi connectivity index (χ1n) is 21.6. The molecule has 1 fully saturated rings. The lowest BCUT2D eigenvalue weighted by atomic mass is 9.70. The third-order valence-corrected chi connectivity index (χ3v) is 13.6. The van der Waals surface area contributed by atoms with Crippen molar-refractivity contribution < 1.29 is 0 Å². The molecule has 0 amide bonds. The minimum Gasteiger partial charge on any atom is -0.0950 e. The lowest BCUT2D eigenvalue weighted by Gasteiger charge is -2.31. The summed E-state index contributed by atoms with van der Waals surface area (Å²) in [4.78, 5) is 0. The number of benzene rings is 6. The van der Waals surface area contributed by atoms with Crippen molar-refractivity contribution in [3.63, 3.8) is 0 Å². The number of rotatable bonds is 9. The molecule has 0 aliphatic heterocycles. The van der Waals surface area contributed by atoms with E-state index >= 15 is 0 Å². The van der Waals surface area contributed by atoms with Gasteiger partial charge in [-0.1, -0.05) is 191 Å². The molecule has 0 N–H and O–H groups in total. The monoisotopic (exact) mass is 748 g/mol. The summed E-state index contributed by atoms with van der Waals surface area (Å²) in [6.45, 7) is 11.6. The van der Waals surface area contributed by atoms with Gasteiger partial charge in [0.25, 0.3) is 0 Å². The van der Waals surface area contributed by atoms with Gasteiger partial charge in [-0.25, -0.2) is 0 Å². The number of hydrogen-bond acceptors (Lipinski definition) is 0. The summed E-state index contributed by atoms with van der Waals surface area (Å²) < 4.78 is 0. The maximum atomic E-state index is 4.73. The van der Waals surface area contributed by atoms with Crippen LogP contribution in [0.5, 0.6) is 0 Å². The Morgan fingerprint density at radius 2 is 1.36 bits per heavy atom. The van der Waals surface area contributed by atoms with E-state index in [2.05, 4.69) is 185 Å². The number of allylic oxidation sites excluding steroid dienone is 9. The summed E-state index contributed by atoms with van der Waals surface area (Å²) in [6.07, 6.45) is 22.4. The fourth-order valence-corrected chi connectivity index (χ4v) is 10.7. The van der Waals surface area contributed by atoms with Gasteiger partial charge in [0, 0.05) is 0 Å². The SMILES string of the molecule is C=C(C(/C=C\C=C/CC)=C\Cc1cc2c(cc1/C1=C(\CC)CC/C=C\c3c1ccc1ccccc31)-c1ccccc1C21c2ccccc2-c2ccccc21)C1CC1C. The predicted molar refractivity (Wildman–Crippen MR) is 248 cm³/mol. The van der Waals surface area contributed by atoms with Crippen molar-refractivity contribution in [1.29, 1.82) is 0 Å². The number of hydrogen-bond donors (Lipinski definition) is 0. The van der Waals surface area contributed by atoms with E-state index in [9.17, 15) is 0 Å². The van der Waals surface area contributed by atoms with Crippen LogP contribution in [0.1, 0.15) is 97.4 Å². The Balaban J connectivity index is 1.27. The van der Waals surface area contributed by atoms with Gasteiger partial charge in [0.1, 0.15) is 0 Å². The first-order chi connectivity index (χ1) is 28.5. The van der Waals surface area contributed by atoms with Crippen LogP contribution in [0.3, 0.4) is 0 Å². The van der Waals surface area contributed by atoms with E-state index in [1.807, 2.05) is 0 Å². The Morgan fingerprint density at radius 3 is 2.03 bits per heavy atom. The van der Waals surface area contributed by atoms with Crippen LogP contribution in [-0.4, -0.2) is 0 Å². The molecule has 284 valence electrons. The van der Waals surface area contributed by atoms with Crippen molar-refractivity contribution in [2.45, 2.75) is 64.7 Å². The molecule has 0 radical (unpaired) electrons. The Bertz CT molecular complexity index is 2740. The van der Waals surface area contributed by atoms with Crippen LogP contribution >= 0.6 is 0 Å². The zero-order valence-corrected chi connectivity index (χ0v) is 34.2. The highest BCUT2D eigenvalue weighted by molar-refractivity contribution is 6.01. The molecule has 0 heteroatoms. The zero-order chi connectivity index (χ0) is 39.4. The minimum absolute atomic E-state index is 0.392. The maximum Gasteiger partial charge on any atom is 0.0725 e. The van der Waals surface area contributed by atoms with E-state index in [0.717, 1.165) is 32.1 Å². The molecule has 1 spiro atoms. The van der Waals surface area contributed by atoms with Crippen LogP contribution < -0.4 is 0 Å². The van der Waals surface area contributed by atoms with E-state index in [1.54, 1.807) is 0 Å². The summed E-state index contributed by atoms with van der Waals surface area (Å²) in [7, 11) is 0. The lowest BCUT2D eigenvalue weighted by molar-refractivity contribution is 0.791. The van der Waals surface area contributed by atoms with Gasteiger partial charge >= 0.3 is 0 Å². The van der Waals surface area contributed by atoms with E-state index in [1.165, 1.54) is 106 Å². The van der Waals surface area contributed by atoms with Gasteiger partial charge < -0.3 is 0 Å². The molecule has 4 aliphatic carbocycles. The lowest BCUT2D eigenvalue weighted by Crippen LogP contribution is -2.26. The molecule has 2 unspecified atom stereocenters. The smallest absolute Gasteiger partial charge is 0.0725 e. The summed E-state index contributed by atoms with van der Waals surface area (Å²) in [5.74, 6) is 1.25. The van der Waals surface area contributed by atoms with E-state index < -0.39 is 5.41 Å². The number of fused-ring (bicyclic) bond motifs is 13. The third kappa shape index (κ3) is 5.72. The molecule has 58 heavy (non-hydrogen) atoms. The van der Waals surface area contributed by atoms with Crippen molar-refractivity contribution in [3.05, 3.63) is 226 Å². The van der Waals surface area contributed by atoms with Gasteiger partial charge in [-0.05, 0) is 151 Å². The highest BCUT2D eigenvalue weighted by Crippen LogP contribution is 2.63. The van der Waals surface area contributed by atoms with Crippen molar-refractivity contribution in [2.75, 3.05) is 0 Å². The largest absolute Gasteiger partial charge is 0.0950 e. The summed E-state index contributed by atoms with van der Waals surface area (Å²) in [5.41, 5.74) is 21.5. The summed E-state index contributed by atoms with van der Waals surface area (Å²) in [6, 6.07) is 46.5.